The van der Waals surface area contributed by atoms with Crippen molar-refractivity contribution in [1.82, 2.24) is 0 Å². The second-order valence-corrected chi connectivity index (χ2v) is 5.58. The quantitative estimate of drug-likeness (QED) is 0.792. The smallest absolute Gasteiger partial charge is 0.333 e. The number of esters is 1. The number of hydrogen-bond donors (Lipinski definition) is 0. The van der Waals surface area contributed by atoms with Crippen molar-refractivity contribution in [3.05, 3.63) is 47.5 Å². The molecule has 0 saturated carbocycles. The predicted molar refractivity (Wildman–Crippen MR) is 88.1 cm³/mol. The maximum Gasteiger partial charge on any atom is 0.333 e. The Hall–Kier alpha value is -2.95. The normalized spacial score (nSPS) is 15.0. The third-order valence-electron chi connectivity index (χ3n) is 4.12. The van der Waals surface area contributed by atoms with Gasteiger partial charge in [-0.3, -0.25) is 0 Å². The molecule has 0 aromatic heterocycles. The van der Waals surface area contributed by atoms with Gasteiger partial charge in [0, 0.05) is 17.6 Å². The molecule has 4 rings (SSSR count). The second-order valence-electron chi connectivity index (χ2n) is 5.58. The van der Waals surface area contributed by atoms with Gasteiger partial charge in [-0.2, -0.15) is 0 Å². The van der Waals surface area contributed by atoms with Gasteiger partial charge in [-0.15, -0.1) is 0 Å². The molecule has 0 radical (unpaired) electrons. The summed E-state index contributed by atoms with van der Waals surface area (Å²) in [7, 11) is 1.39. The lowest BCUT2D eigenvalue weighted by atomic mass is 10.0. The van der Waals surface area contributed by atoms with Crippen LogP contribution in [0, 0.1) is 0 Å². The van der Waals surface area contributed by atoms with E-state index in [0.717, 1.165) is 33.9 Å². The van der Waals surface area contributed by atoms with E-state index in [1.807, 2.05) is 42.5 Å². The first kappa shape index (κ1) is 14.6. The molecule has 0 amide bonds. The molecule has 2 heterocycles. The highest BCUT2D eigenvalue weighted by atomic mass is 16.7. The highest BCUT2D eigenvalue weighted by Gasteiger charge is 2.17. The maximum absolute atomic E-state index is 11.8. The van der Waals surface area contributed by atoms with Crippen LogP contribution < -0.4 is 14.2 Å². The van der Waals surface area contributed by atoms with Gasteiger partial charge in [0.2, 0.25) is 6.79 Å². The summed E-state index contributed by atoms with van der Waals surface area (Å²) < 4.78 is 21.3. The molecule has 2 aliphatic rings. The number of fused-ring (bicyclic) bond motifs is 2. The summed E-state index contributed by atoms with van der Waals surface area (Å²) >= 11 is 0. The molecule has 2 aliphatic heterocycles. The van der Waals surface area contributed by atoms with E-state index in [2.05, 4.69) is 0 Å². The molecule has 122 valence electrons. The van der Waals surface area contributed by atoms with Gasteiger partial charge in [0.05, 0.1) is 13.7 Å². The van der Waals surface area contributed by atoms with Gasteiger partial charge in [0.1, 0.15) is 5.75 Å². The van der Waals surface area contributed by atoms with E-state index in [-0.39, 0.29) is 12.8 Å². The lowest BCUT2D eigenvalue weighted by Crippen LogP contribution is -2.06. The van der Waals surface area contributed by atoms with Gasteiger partial charge >= 0.3 is 5.97 Å². The number of carbonyl (C=O) groups is 1. The van der Waals surface area contributed by atoms with E-state index in [9.17, 15) is 4.79 Å². The molecule has 0 fully saturated rings. The Balaban J connectivity index is 1.74. The minimum atomic E-state index is -0.320. The summed E-state index contributed by atoms with van der Waals surface area (Å²) in [5.41, 5.74) is 3.50. The molecule has 2 aromatic rings. The fourth-order valence-electron chi connectivity index (χ4n) is 2.87. The number of rotatable bonds is 2. The van der Waals surface area contributed by atoms with Gasteiger partial charge < -0.3 is 18.9 Å². The number of methoxy groups -OCH3 is 1. The van der Waals surface area contributed by atoms with Gasteiger partial charge in [-0.25, -0.2) is 4.79 Å². The highest BCUT2D eigenvalue weighted by molar-refractivity contribution is 5.94. The fraction of sp³-hybridized carbons (Fsp3) is 0.211. The first-order valence-corrected chi connectivity index (χ1v) is 7.70. The van der Waals surface area contributed by atoms with E-state index < -0.39 is 0 Å². The Kier molecular flexibility index (Phi) is 3.61. The first-order chi connectivity index (χ1) is 11.7. The van der Waals surface area contributed by atoms with Crippen molar-refractivity contribution in [2.24, 2.45) is 0 Å². The molecular weight excluding hydrogens is 308 g/mol. The van der Waals surface area contributed by atoms with Crippen molar-refractivity contribution in [3.63, 3.8) is 0 Å². The molecule has 24 heavy (non-hydrogen) atoms. The monoisotopic (exact) mass is 324 g/mol. The van der Waals surface area contributed by atoms with E-state index in [1.54, 1.807) is 0 Å². The van der Waals surface area contributed by atoms with Crippen molar-refractivity contribution in [2.75, 3.05) is 20.5 Å². The third-order valence-corrected chi connectivity index (χ3v) is 4.12. The molecule has 5 nitrogen and oxygen atoms in total. The van der Waals surface area contributed by atoms with E-state index >= 15 is 0 Å². The van der Waals surface area contributed by atoms with Crippen LogP contribution in [0.1, 0.15) is 12.0 Å². The summed E-state index contributed by atoms with van der Waals surface area (Å²) in [5.74, 6) is 1.94. The number of hydrogen-bond acceptors (Lipinski definition) is 5. The van der Waals surface area contributed by atoms with Gasteiger partial charge in [0.15, 0.2) is 11.5 Å². The zero-order valence-corrected chi connectivity index (χ0v) is 13.2. The van der Waals surface area contributed by atoms with Crippen LogP contribution in [0.3, 0.4) is 0 Å². The Morgan fingerprint density at radius 3 is 2.54 bits per heavy atom. The Bertz CT molecular complexity index is 838. The second kappa shape index (κ2) is 5.92. The molecule has 0 N–H and O–H groups in total. The van der Waals surface area contributed by atoms with E-state index in [1.165, 1.54) is 7.11 Å². The molecule has 0 bridgehead atoms. The lowest BCUT2D eigenvalue weighted by molar-refractivity contribution is -0.136. The van der Waals surface area contributed by atoms with E-state index in [4.69, 9.17) is 18.9 Å². The van der Waals surface area contributed by atoms with Crippen molar-refractivity contribution < 1.29 is 23.7 Å². The van der Waals surface area contributed by atoms with Crippen LogP contribution in [0.25, 0.3) is 17.2 Å². The zero-order valence-electron chi connectivity index (χ0n) is 13.2. The Morgan fingerprint density at radius 1 is 0.958 bits per heavy atom. The van der Waals surface area contributed by atoms with Gasteiger partial charge in [-0.1, -0.05) is 12.1 Å². The zero-order chi connectivity index (χ0) is 16.5. The van der Waals surface area contributed by atoms with Crippen LogP contribution in [0.2, 0.25) is 0 Å². The molecule has 0 saturated heterocycles. The molecule has 0 unspecified atom stereocenters. The van der Waals surface area contributed by atoms with Gasteiger partial charge in [-0.05, 0) is 41.5 Å². The molecular formula is C19H16O5. The van der Waals surface area contributed by atoms with E-state index in [0.29, 0.717) is 18.6 Å². The lowest BCUT2D eigenvalue weighted by Gasteiger charge is -2.09. The first-order valence-electron chi connectivity index (χ1n) is 7.70. The van der Waals surface area contributed by atoms with Crippen molar-refractivity contribution in [3.8, 4) is 28.4 Å². The van der Waals surface area contributed by atoms with Crippen LogP contribution >= 0.6 is 0 Å². The van der Waals surface area contributed by atoms with Crippen LogP contribution in [-0.2, 0) is 9.53 Å². The van der Waals surface area contributed by atoms with Crippen molar-refractivity contribution in [1.29, 1.82) is 0 Å². The molecule has 0 atom stereocenters. The molecule has 0 aliphatic carbocycles. The Morgan fingerprint density at radius 2 is 1.71 bits per heavy atom. The summed E-state index contributed by atoms with van der Waals surface area (Å²) in [6.45, 7) is 0.708. The summed E-state index contributed by atoms with van der Waals surface area (Å²) in [5, 5.41) is 0. The molecule has 0 spiro atoms. The highest BCUT2D eigenvalue weighted by Crippen LogP contribution is 2.37. The van der Waals surface area contributed by atoms with Gasteiger partial charge in [0.25, 0.3) is 0 Å². The van der Waals surface area contributed by atoms with Crippen molar-refractivity contribution in [2.45, 2.75) is 6.42 Å². The molecule has 2 aromatic carbocycles. The summed E-state index contributed by atoms with van der Waals surface area (Å²) in [6.07, 6.45) is 2.37. The fourth-order valence-corrected chi connectivity index (χ4v) is 2.87. The number of ether oxygens (including phenoxy) is 4. The number of carbonyl (C=O) groups excluding carboxylic acids is 1. The minimum Gasteiger partial charge on any atom is -0.493 e. The average molecular weight is 324 g/mol. The number of benzene rings is 2. The van der Waals surface area contributed by atoms with Crippen LogP contribution in [0.5, 0.6) is 17.2 Å². The van der Waals surface area contributed by atoms with Crippen LogP contribution in [0.4, 0.5) is 0 Å². The largest absolute Gasteiger partial charge is 0.493 e. The van der Waals surface area contributed by atoms with Crippen LogP contribution in [-0.4, -0.2) is 26.5 Å². The standard InChI is InChI=1S/C19H16O5/c1-21-19(20)14-6-7-22-16-4-2-12(8-15(16)9-14)13-3-5-17-18(10-13)24-11-23-17/h2-5,8-10H,6-7,11H2,1H3. The average Bonchev–Trinajstić information content (AvgIpc) is 2.98. The van der Waals surface area contributed by atoms with Crippen LogP contribution in [0.15, 0.2) is 42.0 Å². The SMILES string of the molecule is COC(=O)C1=Cc2cc(-c3ccc4c(c3)OCO4)ccc2OCC1. The topological polar surface area (TPSA) is 54.0 Å². The predicted octanol–water partition coefficient (Wildman–Crippen LogP) is 3.42. The summed E-state index contributed by atoms with van der Waals surface area (Å²) in [6, 6.07) is 11.8. The van der Waals surface area contributed by atoms with Crippen molar-refractivity contribution >= 4 is 12.0 Å². The third kappa shape index (κ3) is 2.58. The molecule has 5 heteroatoms. The Labute approximate surface area is 139 Å². The summed E-state index contributed by atoms with van der Waals surface area (Å²) in [4.78, 5) is 11.8. The maximum atomic E-state index is 11.8. The minimum absolute atomic E-state index is 0.252.